The molecule has 6 heteroatoms. The Balaban J connectivity index is 1.19. The number of benzene rings is 2. The minimum atomic E-state index is -0.836. The van der Waals surface area contributed by atoms with Crippen molar-refractivity contribution >= 4 is 5.91 Å². The Kier molecular flexibility index (Phi) is 4.79. The summed E-state index contributed by atoms with van der Waals surface area (Å²) in [6, 6.07) is 15.3. The molecule has 4 saturated heterocycles. The van der Waals surface area contributed by atoms with E-state index in [2.05, 4.69) is 54.8 Å². The van der Waals surface area contributed by atoms with Gasteiger partial charge in [0.25, 0.3) is 0 Å². The fraction of sp³-hybridized carbons (Fsp3) is 0.552. The minimum Gasteiger partial charge on any atom is -0.319 e. The minimum absolute atomic E-state index is 0.0900. The third-order valence-corrected chi connectivity index (χ3v) is 9.57. The first kappa shape index (κ1) is 22.0. The van der Waals surface area contributed by atoms with Crippen molar-refractivity contribution in [1.82, 2.24) is 10.4 Å². The molecular formula is C29H34N2O4. The van der Waals surface area contributed by atoms with Crippen LogP contribution in [-0.4, -0.2) is 28.5 Å². The van der Waals surface area contributed by atoms with Crippen LogP contribution >= 0.6 is 0 Å². The van der Waals surface area contributed by atoms with Crippen molar-refractivity contribution < 1.29 is 19.3 Å². The number of ether oxygens (including phenoxy) is 1. The Bertz CT molecular complexity index is 1200. The van der Waals surface area contributed by atoms with Crippen LogP contribution in [0, 0.1) is 23.7 Å². The predicted octanol–water partition coefficient (Wildman–Crippen LogP) is 4.96. The normalized spacial score (nSPS) is 39.1. The maximum Gasteiger partial charge on any atom is 0.242 e. The molecule has 184 valence electrons. The highest BCUT2D eigenvalue weighted by atomic mass is 17.3. The van der Waals surface area contributed by atoms with E-state index in [1.807, 2.05) is 13.8 Å². The van der Waals surface area contributed by atoms with Crippen molar-refractivity contribution in [2.24, 2.45) is 23.7 Å². The Morgan fingerprint density at radius 1 is 1.00 bits per heavy atom. The van der Waals surface area contributed by atoms with Crippen molar-refractivity contribution in [2.75, 3.05) is 0 Å². The lowest BCUT2D eigenvalue weighted by atomic mass is 9.57. The van der Waals surface area contributed by atoms with Gasteiger partial charge < -0.3 is 4.74 Å². The molecule has 4 aliphatic heterocycles. The Hall–Kier alpha value is -2.25. The fourth-order valence-corrected chi connectivity index (χ4v) is 7.70. The number of hydrazine groups is 1. The van der Waals surface area contributed by atoms with E-state index in [1.54, 1.807) is 5.01 Å². The molecule has 1 amide bonds. The van der Waals surface area contributed by atoms with Crippen LogP contribution in [0.2, 0.25) is 0 Å². The van der Waals surface area contributed by atoms with Crippen molar-refractivity contribution in [3.8, 4) is 11.1 Å². The van der Waals surface area contributed by atoms with Gasteiger partial charge in [-0.1, -0.05) is 56.3 Å². The zero-order valence-corrected chi connectivity index (χ0v) is 20.8. The quantitative estimate of drug-likeness (QED) is 0.544. The van der Waals surface area contributed by atoms with Crippen LogP contribution < -0.4 is 5.43 Å². The molecule has 2 aliphatic carbocycles. The zero-order valence-electron chi connectivity index (χ0n) is 20.8. The van der Waals surface area contributed by atoms with Gasteiger partial charge in [-0.3, -0.25) is 4.79 Å². The number of rotatable bonds is 3. The van der Waals surface area contributed by atoms with Gasteiger partial charge in [0.1, 0.15) is 0 Å². The van der Waals surface area contributed by atoms with Crippen molar-refractivity contribution in [2.45, 2.75) is 77.0 Å². The van der Waals surface area contributed by atoms with Gasteiger partial charge in [-0.05, 0) is 72.3 Å². The third kappa shape index (κ3) is 3.07. The summed E-state index contributed by atoms with van der Waals surface area (Å²) < 4.78 is 6.61. The molecule has 0 unspecified atom stereocenters. The van der Waals surface area contributed by atoms with Crippen LogP contribution in [0.4, 0.5) is 0 Å². The highest BCUT2D eigenvalue weighted by Crippen LogP contribution is 2.60. The van der Waals surface area contributed by atoms with Crippen LogP contribution in [-0.2, 0) is 32.3 Å². The van der Waals surface area contributed by atoms with Crippen LogP contribution in [0.5, 0.6) is 0 Å². The lowest BCUT2D eigenvalue weighted by Gasteiger charge is -2.61. The summed E-state index contributed by atoms with van der Waals surface area (Å²) in [5.74, 6) is -0.000944. The molecule has 0 radical (unpaired) electrons. The average Bonchev–Trinajstić information content (AvgIpc) is 3.07. The van der Waals surface area contributed by atoms with E-state index in [9.17, 15) is 4.79 Å². The lowest BCUT2D eigenvalue weighted by Crippen LogP contribution is -2.76. The van der Waals surface area contributed by atoms with Crippen molar-refractivity contribution in [3.05, 3.63) is 59.2 Å². The molecule has 7 atom stereocenters. The largest absolute Gasteiger partial charge is 0.319 e. The summed E-state index contributed by atoms with van der Waals surface area (Å²) in [5.41, 5.74) is 9.38. The second kappa shape index (κ2) is 7.62. The van der Waals surface area contributed by atoms with E-state index in [-0.39, 0.29) is 17.7 Å². The van der Waals surface area contributed by atoms with Gasteiger partial charge in [0.05, 0.1) is 0 Å². The molecule has 35 heavy (non-hydrogen) atoms. The first-order valence-electron chi connectivity index (χ1n) is 13.2. The summed E-state index contributed by atoms with van der Waals surface area (Å²) in [4.78, 5) is 26.0. The summed E-state index contributed by atoms with van der Waals surface area (Å²) in [5, 5.41) is 1.75. The van der Waals surface area contributed by atoms with Gasteiger partial charge in [0.2, 0.25) is 11.7 Å². The number of nitrogens with zero attached hydrogens (tertiary/aromatic N) is 1. The second-order valence-electron chi connectivity index (χ2n) is 11.6. The Morgan fingerprint density at radius 3 is 2.71 bits per heavy atom. The molecule has 0 aromatic heterocycles. The Morgan fingerprint density at radius 2 is 1.83 bits per heavy atom. The van der Waals surface area contributed by atoms with E-state index >= 15 is 0 Å². The monoisotopic (exact) mass is 474 g/mol. The van der Waals surface area contributed by atoms with Gasteiger partial charge in [0.15, 0.2) is 11.8 Å². The summed E-state index contributed by atoms with van der Waals surface area (Å²) in [7, 11) is 0. The molecule has 2 aromatic carbocycles. The number of fused-ring (bicyclic) bond motifs is 5. The van der Waals surface area contributed by atoms with Gasteiger partial charge in [-0.25, -0.2) is 20.2 Å². The number of nitrogens with one attached hydrogen (secondary N) is 1. The molecule has 1 N–H and O–H groups in total. The first-order valence-corrected chi connectivity index (χ1v) is 13.2. The molecule has 2 aromatic rings. The van der Waals surface area contributed by atoms with Gasteiger partial charge >= 0.3 is 0 Å². The SMILES string of the molecule is C[C@@H]1CC[C@H]2[C@@H](C)C(=O)N(NCc3ccc4c(c3)Cc3ccccc3-4)[C@@H]3O[C@@]4(C)CC[C@@H]1[C@@]23OO4. The van der Waals surface area contributed by atoms with Crippen molar-refractivity contribution in [3.63, 3.8) is 0 Å². The maximum absolute atomic E-state index is 13.7. The predicted molar refractivity (Wildman–Crippen MR) is 130 cm³/mol. The number of amides is 1. The molecule has 4 heterocycles. The van der Waals surface area contributed by atoms with Crippen LogP contribution in [0.1, 0.15) is 63.1 Å². The molecule has 1 spiro atoms. The number of piperidine rings is 1. The summed E-state index contributed by atoms with van der Waals surface area (Å²) in [6.45, 7) is 6.86. The van der Waals surface area contributed by atoms with E-state index in [0.29, 0.717) is 18.4 Å². The van der Waals surface area contributed by atoms with Crippen LogP contribution in [0.25, 0.3) is 11.1 Å². The number of hydrogen-bond donors (Lipinski definition) is 1. The molecule has 6 aliphatic rings. The summed E-state index contributed by atoms with van der Waals surface area (Å²) in [6.07, 6.45) is 4.30. The highest BCUT2D eigenvalue weighted by Gasteiger charge is 2.70. The van der Waals surface area contributed by atoms with E-state index in [4.69, 9.17) is 14.5 Å². The van der Waals surface area contributed by atoms with Gasteiger partial charge in [-0.15, -0.1) is 0 Å². The Labute approximate surface area is 206 Å². The van der Waals surface area contributed by atoms with Gasteiger partial charge in [0, 0.05) is 24.8 Å². The van der Waals surface area contributed by atoms with Crippen LogP contribution in [0.3, 0.4) is 0 Å². The average molecular weight is 475 g/mol. The zero-order chi connectivity index (χ0) is 23.9. The smallest absolute Gasteiger partial charge is 0.242 e. The first-order chi connectivity index (χ1) is 16.9. The molecule has 8 rings (SSSR count). The maximum atomic E-state index is 13.7. The van der Waals surface area contributed by atoms with E-state index < -0.39 is 17.6 Å². The number of carbonyl (C=O) groups is 1. The molecule has 5 fully saturated rings. The van der Waals surface area contributed by atoms with E-state index in [1.165, 1.54) is 22.3 Å². The topological polar surface area (TPSA) is 60.0 Å². The summed E-state index contributed by atoms with van der Waals surface area (Å²) >= 11 is 0. The highest BCUT2D eigenvalue weighted by molar-refractivity contribution is 5.80. The van der Waals surface area contributed by atoms with Gasteiger partial charge in [-0.2, -0.15) is 0 Å². The molecule has 6 nitrogen and oxygen atoms in total. The molecular weight excluding hydrogens is 440 g/mol. The van der Waals surface area contributed by atoms with Crippen LogP contribution in [0.15, 0.2) is 42.5 Å². The third-order valence-electron chi connectivity index (χ3n) is 9.57. The fourth-order valence-electron chi connectivity index (χ4n) is 7.70. The molecule has 1 saturated carbocycles. The second-order valence-corrected chi connectivity index (χ2v) is 11.6. The number of hydrogen-bond acceptors (Lipinski definition) is 5. The molecule has 2 bridgehead atoms. The van der Waals surface area contributed by atoms with Crippen molar-refractivity contribution in [1.29, 1.82) is 0 Å². The number of carbonyl (C=O) groups excluding carboxylic acids is 1. The lowest BCUT2D eigenvalue weighted by molar-refractivity contribution is -0.549. The standard InChI is InChI=1S/C29H34N2O4/c1-17-8-11-25-18(2)26(32)31(27-29(25)24(17)12-13-28(3,33-27)34-35-29)30-16-19-9-10-23-21(14-19)15-20-6-4-5-7-22(20)23/h4-7,9-10,14,17-18,24-25,27,30H,8,11-13,15-16H2,1-3H3/t17-,18-,24+,25+,27-,28-,29-/m1/s1. The van der Waals surface area contributed by atoms with E-state index in [0.717, 1.165) is 37.7 Å².